The lowest BCUT2D eigenvalue weighted by Crippen LogP contribution is -2.46. The van der Waals surface area contributed by atoms with E-state index in [2.05, 4.69) is 5.32 Å². The SMILES string of the molecule is CCOCCCNC(=O)/C(C#N)=C\N1CCN(S(C)(=O)=O)CC1. The first-order chi connectivity index (χ1) is 10.9. The molecule has 1 N–H and O–H groups in total. The van der Waals surface area contributed by atoms with E-state index in [0.29, 0.717) is 52.4 Å². The lowest BCUT2D eigenvalue weighted by Gasteiger charge is -2.32. The van der Waals surface area contributed by atoms with Crippen molar-refractivity contribution in [3.63, 3.8) is 0 Å². The van der Waals surface area contributed by atoms with E-state index in [4.69, 9.17) is 10.00 Å². The van der Waals surface area contributed by atoms with Crippen LogP contribution in [-0.4, -0.2) is 75.7 Å². The third-order valence-electron chi connectivity index (χ3n) is 3.37. The van der Waals surface area contributed by atoms with Gasteiger partial charge in [0.05, 0.1) is 6.26 Å². The Hall–Kier alpha value is -1.63. The Morgan fingerprint density at radius 3 is 2.52 bits per heavy atom. The molecule has 1 saturated heterocycles. The lowest BCUT2D eigenvalue weighted by atomic mass is 10.2. The number of carbonyl (C=O) groups excluding carboxylic acids is 1. The minimum atomic E-state index is -3.19. The largest absolute Gasteiger partial charge is 0.382 e. The smallest absolute Gasteiger partial charge is 0.263 e. The van der Waals surface area contributed by atoms with Crippen molar-refractivity contribution in [2.75, 3.05) is 52.2 Å². The molecule has 1 aliphatic rings. The van der Waals surface area contributed by atoms with E-state index < -0.39 is 15.9 Å². The molecule has 0 radical (unpaired) electrons. The first kappa shape index (κ1) is 19.4. The summed E-state index contributed by atoms with van der Waals surface area (Å²) in [6, 6.07) is 1.89. The van der Waals surface area contributed by atoms with E-state index in [0.717, 1.165) is 0 Å². The normalized spacial score (nSPS) is 16.9. The maximum atomic E-state index is 11.9. The van der Waals surface area contributed by atoms with Crippen molar-refractivity contribution in [3.05, 3.63) is 11.8 Å². The average molecular weight is 344 g/mol. The van der Waals surface area contributed by atoms with Crippen LogP contribution in [0.5, 0.6) is 0 Å². The third-order valence-corrected chi connectivity index (χ3v) is 4.68. The van der Waals surface area contributed by atoms with Crippen molar-refractivity contribution in [1.82, 2.24) is 14.5 Å². The van der Waals surface area contributed by atoms with Gasteiger partial charge in [-0.3, -0.25) is 4.79 Å². The number of piperazine rings is 1. The zero-order valence-electron chi connectivity index (χ0n) is 13.6. The van der Waals surface area contributed by atoms with Gasteiger partial charge in [0.1, 0.15) is 11.6 Å². The van der Waals surface area contributed by atoms with E-state index in [1.54, 1.807) is 4.90 Å². The minimum absolute atomic E-state index is 0.0224. The molecule has 0 bridgehead atoms. The Morgan fingerprint density at radius 2 is 2.00 bits per heavy atom. The second kappa shape index (κ2) is 9.50. The summed E-state index contributed by atoms with van der Waals surface area (Å²) in [6.07, 6.45) is 3.36. The topological polar surface area (TPSA) is 103 Å². The number of carbonyl (C=O) groups is 1. The third kappa shape index (κ3) is 6.99. The molecule has 0 saturated carbocycles. The zero-order valence-corrected chi connectivity index (χ0v) is 14.4. The molecular weight excluding hydrogens is 320 g/mol. The van der Waals surface area contributed by atoms with E-state index in [-0.39, 0.29) is 5.57 Å². The molecule has 9 heteroatoms. The first-order valence-electron chi connectivity index (χ1n) is 7.55. The van der Waals surface area contributed by atoms with Gasteiger partial charge in [0.2, 0.25) is 10.0 Å². The number of nitrogens with zero attached hydrogens (tertiary/aromatic N) is 3. The molecular formula is C14H24N4O4S. The molecule has 0 unspecified atom stereocenters. The van der Waals surface area contributed by atoms with Gasteiger partial charge in [0.25, 0.3) is 5.91 Å². The molecule has 0 aromatic carbocycles. The molecule has 0 aromatic rings. The average Bonchev–Trinajstić information content (AvgIpc) is 2.51. The predicted octanol–water partition coefficient (Wildman–Crippen LogP) is -0.486. The molecule has 1 rings (SSSR count). The summed E-state index contributed by atoms with van der Waals surface area (Å²) in [5.74, 6) is -0.422. The monoisotopic (exact) mass is 344 g/mol. The maximum Gasteiger partial charge on any atom is 0.263 e. The molecule has 1 heterocycles. The summed E-state index contributed by atoms with van der Waals surface area (Å²) in [7, 11) is -3.19. The number of nitrogens with one attached hydrogen (secondary N) is 1. The van der Waals surface area contributed by atoms with Crippen molar-refractivity contribution in [3.8, 4) is 6.07 Å². The molecule has 1 amide bonds. The van der Waals surface area contributed by atoms with Crippen molar-refractivity contribution < 1.29 is 17.9 Å². The summed E-state index contributed by atoms with van der Waals surface area (Å²) < 4.78 is 29.4. The summed E-state index contributed by atoms with van der Waals surface area (Å²) in [5, 5.41) is 11.8. The number of sulfonamides is 1. The van der Waals surface area contributed by atoms with Gasteiger partial charge in [-0.1, -0.05) is 0 Å². The Morgan fingerprint density at radius 1 is 1.35 bits per heavy atom. The van der Waals surface area contributed by atoms with Gasteiger partial charge in [-0.15, -0.1) is 0 Å². The van der Waals surface area contributed by atoms with Gasteiger partial charge in [0, 0.05) is 52.1 Å². The number of nitriles is 1. The quantitative estimate of drug-likeness (QED) is 0.362. The van der Waals surface area contributed by atoms with E-state index in [1.165, 1.54) is 16.8 Å². The van der Waals surface area contributed by atoms with Gasteiger partial charge >= 0.3 is 0 Å². The van der Waals surface area contributed by atoms with E-state index in [1.807, 2.05) is 13.0 Å². The van der Waals surface area contributed by atoms with Gasteiger partial charge in [0.15, 0.2) is 0 Å². The first-order valence-corrected chi connectivity index (χ1v) is 9.40. The van der Waals surface area contributed by atoms with Crippen LogP contribution in [-0.2, 0) is 19.6 Å². The highest BCUT2D eigenvalue weighted by Crippen LogP contribution is 2.08. The standard InChI is InChI=1S/C14H24N4O4S/c1-3-22-10-4-5-16-14(19)13(11-15)12-17-6-8-18(9-7-17)23(2,20)21/h12H,3-10H2,1-2H3,(H,16,19)/b13-12-. The number of rotatable bonds is 8. The van der Waals surface area contributed by atoms with Crippen LogP contribution in [0.1, 0.15) is 13.3 Å². The van der Waals surface area contributed by atoms with Gasteiger partial charge in [-0.2, -0.15) is 9.57 Å². The molecule has 0 aliphatic carbocycles. The number of hydrogen-bond donors (Lipinski definition) is 1. The second-order valence-electron chi connectivity index (χ2n) is 5.16. The predicted molar refractivity (Wildman–Crippen MR) is 85.8 cm³/mol. The molecule has 1 aliphatic heterocycles. The van der Waals surface area contributed by atoms with Crippen LogP contribution in [0.4, 0.5) is 0 Å². The molecule has 8 nitrogen and oxygen atoms in total. The fourth-order valence-corrected chi connectivity index (χ4v) is 2.93. The zero-order chi connectivity index (χ0) is 17.3. The van der Waals surface area contributed by atoms with Crippen LogP contribution in [0.25, 0.3) is 0 Å². The Kier molecular flexibility index (Phi) is 8.02. The minimum Gasteiger partial charge on any atom is -0.382 e. The van der Waals surface area contributed by atoms with Crippen molar-refractivity contribution in [1.29, 1.82) is 5.26 Å². The summed E-state index contributed by atoms with van der Waals surface area (Å²) in [6.45, 7) is 5.16. The fraction of sp³-hybridized carbons (Fsp3) is 0.714. The van der Waals surface area contributed by atoms with Crippen molar-refractivity contribution in [2.24, 2.45) is 0 Å². The number of ether oxygens (including phenoxy) is 1. The fourth-order valence-electron chi connectivity index (χ4n) is 2.10. The molecule has 0 atom stereocenters. The number of hydrogen-bond acceptors (Lipinski definition) is 6. The van der Waals surface area contributed by atoms with Crippen LogP contribution in [0, 0.1) is 11.3 Å². The molecule has 0 spiro atoms. The van der Waals surface area contributed by atoms with Crippen LogP contribution in [0.3, 0.4) is 0 Å². The van der Waals surface area contributed by atoms with E-state index in [9.17, 15) is 13.2 Å². The van der Waals surface area contributed by atoms with Crippen LogP contribution >= 0.6 is 0 Å². The summed E-state index contributed by atoms with van der Waals surface area (Å²) in [5.41, 5.74) is 0.0224. The summed E-state index contributed by atoms with van der Waals surface area (Å²) >= 11 is 0. The van der Waals surface area contributed by atoms with Crippen LogP contribution < -0.4 is 5.32 Å². The van der Waals surface area contributed by atoms with Gasteiger partial charge < -0.3 is 15.0 Å². The Bertz CT molecular complexity index is 560. The van der Waals surface area contributed by atoms with Crippen molar-refractivity contribution >= 4 is 15.9 Å². The summed E-state index contributed by atoms with van der Waals surface area (Å²) in [4.78, 5) is 13.7. The second-order valence-corrected chi connectivity index (χ2v) is 7.14. The number of amides is 1. The molecule has 0 aromatic heterocycles. The van der Waals surface area contributed by atoms with E-state index >= 15 is 0 Å². The molecule has 130 valence electrons. The molecule has 1 fully saturated rings. The maximum absolute atomic E-state index is 11.9. The highest BCUT2D eigenvalue weighted by atomic mass is 32.2. The highest BCUT2D eigenvalue weighted by Gasteiger charge is 2.22. The van der Waals surface area contributed by atoms with Crippen LogP contribution in [0.2, 0.25) is 0 Å². The van der Waals surface area contributed by atoms with Crippen molar-refractivity contribution in [2.45, 2.75) is 13.3 Å². The Labute approximate surface area is 137 Å². The lowest BCUT2D eigenvalue weighted by molar-refractivity contribution is -0.117. The van der Waals surface area contributed by atoms with Gasteiger partial charge in [-0.05, 0) is 13.3 Å². The highest BCUT2D eigenvalue weighted by molar-refractivity contribution is 7.88. The van der Waals surface area contributed by atoms with Crippen LogP contribution in [0.15, 0.2) is 11.8 Å². The molecule has 23 heavy (non-hydrogen) atoms. The Balaban J connectivity index is 2.47. The van der Waals surface area contributed by atoms with Gasteiger partial charge in [-0.25, -0.2) is 8.42 Å².